The number of hydrogen-bond acceptors (Lipinski definition) is 6. The minimum Gasteiger partial charge on any atom is -0.380 e. The highest BCUT2D eigenvalue weighted by Crippen LogP contribution is 2.16. The quantitative estimate of drug-likeness (QED) is 0.493. The van der Waals surface area contributed by atoms with Crippen LogP contribution in [0.1, 0.15) is 27.0 Å². The van der Waals surface area contributed by atoms with E-state index in [0.29, 0.717) is 18.7 Å². The molecule has 1 aromatic heterocycles. The first-order valence-electron chi connectivity index (χ1n) is 11.3. The number of aromatic nitrogens is 1. The number of hydroxylamine groups is 1. The topological polar surface area (TPSA) is 69.7 Å². The molecule has 2 N–H and O–H groups in total. The summed E-state index contributed by atoms with van der Waals surface area (Å²) < 4.78 is 0. The Morgan fingerprint density at radius 2 is 1.61 bits per heavy atom. The lowest BCUT2D eigenvalue weighted by Gasteiger charge is -2.32. The van der Waals surface area contributed by atoms with Crippen LogP contribution in [0, 0.1) is 0 Å². The Kier molecular flexibility index (Phi) is 8.03. The molecule has 0 saturated carbocycles. The predicted molar refractivity (Wildman–Crippen MR) is 129 cm³/mol. The third kappa shape index (κ3) is 6.86. The van der Waals surface area contributed by atoms with Crippen molar-refractivity contribution in [3.8, 4) is 0 Å². The number of hydrogen-bond donors (Lipinski definition) is 2. The van der Waals surface area contributed by atoms with Crippen molar-refractivity contribution in [2.45, 2.75) is 19.7 Å². The maximum absolute atomic E-state index is 12.7. The number of para-hydroxylation sites is 1. The fraction of sp³-hybridized carbons (Fsp3) is 0.308. The number of nitrogens with zero attached hydrogens (tertiary/aromatic N) is 3. The van der Waals surface area contributed by atoms with E-state index in [1.807, 2.05) is 30.3 Å². The Morgan fingerprint density at radius 3 is 2.36 bits per heavy atom. The summed E-state index contributed by atoms with van der Waals surface area (Å²) in [6.45, 7) is 6.33. The Labute approximate surface area is 195 Å². The summed E-state index contributed by atoms with van der Waals surface area (Å²) in [4.78, 5) is 27.0. The lowest BCUT2D eigenvalue weighted by molar-refractivity contribution is 0.0234. The minimum atomic E-state index is -0.278. The fourth-order valence-corrected chi connectivity index (χ4v) is 3.78. The number of amides is 1. The van der Waals surface area contributed by atoms with Gasteiger partial charge in [0, 0.05) is 57.3 Å². The van der Waals surface area contributed by atoms with Crippen LogP contribution in [0.15, 0.2) is 73.1 Å². The van der Waals surface area contributed by atoms with Crippen LogP contribution >= 0.6 is 0 Å². The third-order valence-electron chi connectivity index (χ3n) is 5.83. The van der Waals surface area contributed by atoms with Crippen LogP contribution in [0.3, 0.4) is 0 Å². The molecule has 2 aromatic carbocycles. The molecule has 1 aliphatic rings. The molecular formula is C26H31N5O2. The molecule has 3 aromatic rings. The molecule has 172 valence electrons. The first kappa shape index (κ1) is 22.9. The van der Waals surface area contributed by atoms with Gasteiger partial charge in [-0.05, 0) is 48.0 Å². The van der Waals surface area contributed by atoms with Crippen molar-refractivity contribution in [2.24, 2.45) is 0 Å². The van der Waals surface area contributed by atoms with Crippen LogP contribution in [0.4, 0.5) is 5.69 Å². The first-order valence-corrected chi connectivity index (χ1v) is 11.3. The number of nitrogens with one attached hydrogen (secondary N) is 2. The average molecular weight is 446 g/mol. The molecule has 4 rings (SSSR count). The molecule has 1 fully saturated rings. The van der Waals surface area contributed by atoms with Crippen molar-refractivity contribution in [1.82, 2.24) is 20.3 Å². The van der Waals surface area contributed by atoms with Crippen LogP contribution in [-0.2, 0) is 24.5 Å². The zero-order valence-corrected chi connectivity index (χ0v) is 19.0. The SMILES string of the molecule is CN1CCN(Cc2ccc(CONC(=O)c3ccccc3NCc3ccncc3)cc2)CC1. The summed E-state index contributed by atoms with van der Waals surface area (Å²) in [5.41, 5.74) is 7.26. The van der Waals surface area contributed by atoms with E-state index in [0.717, 1.165) is 49.5 Å². The van der Waals surface area contributed by atoms with E-state index in [-0.39, 0.29) is 5.91 Å². The highest BCUT2D eigenvalue weighted by molar-refractivity contribution is 5.98. The lowest BCUT2D eigenvalue weighted by atomic mass is 10.1. The second-order valence-corrected chi connectivity index (χ2v) is 8.37. The van der Waals surface area contributed by atoms with E-state index in [9.17, 15) is 4.79 Å². The molecule has 0 radical (unpaired) electrons. The van der Waals surface area contributed by atoms with E-state index < -0.39 is 0 Å². The highest BCUT2D eigenvalue weighted by atomic mass is 16.6. The molecule has 33 heavy (non-hydrogen) atoms. The lowest BCUT2D eigenvalue weighted by Crippen LogP contribution is -2.43. The molecular weight excluding hydrogens is 414 g/mol. The molecule has 1 amide bonds. The number of anilines is 1. The Morgan fingerprint density at radius 1 is 0.909 bits per heavy atom. The zero-order valence-electron chi connectivity index (χ0n) is 19.0. The van der Waals surface area contributed by atoms with E-state index in [1.54, 1.807) is 18.5 Å². The van der Waals surface area contributed by atoms with Gasteiger partial charge in [-0.25, -0.2) is 5.48 Å². The molecule has 0 spiro atoms. The first-order chi connectivity index (χ1) is 16.2. The van der Waals surface area contributed by atoms with E-state index in [1.165, 1.54) is 5.56 Å². The standard InChI is InChI=1S/C26H31N5O2/c1-30-14-16-31(17-15-30)19-22-6-8-23(9-7-22)20-33-29-26(32)24-4-2-3-5-25(24)28-18-21-10-12-27-13-11-21/h2-13,28H,14-20H2,1H3,(H,29,32). The summed E-state index contributed by atoms with van der Waals surface area (Å²) >= 11 is 0. The average Bonchev–Trinajstić information content (AvgIpc) is 2.86. The number of pyridine rings is 1. The van der Waals surface area contributed by atoms with Crippen molar-refractivity contribution in [3.63, 3.8) is 0 Å². The summed E-state index contributed by atoms with van der Waals surface area (Å²) in [7, 11) is 2.17. The van der Waals surface area contributed by atoms with Crippen LogP contribution in [-0.4, -0.2) is 53.9 Å². The maximum Gasteiger partial charge on any atom is 0.276 e. The van der Waals surface area contributed by atoms with Gasteiger partial charge in [-0.1, -0.05) is 36.4 Å². The predicted octanol–water partition coefficient (Wildman–Crippen LogP) is 3.30. The number of piperazine rings is 1. The number of carbonyl (C=O) groups is 1. The van der Waals surface area contributed by atoms with Crippen molar-refractivity contribution >= 4 is 11.6 Å². The summed E-state index contributed by atoms with van der Waals surface area (Å²) in [5, 5.41) is 3.31. The van der Waals surface area contributed by atoms with Gasteiger partial charge in [0.05, 0.1) is 12.2 Å². The minimum absolute atomic E-state index is 0.278. The monoisotopic (exact) mass is 445 g/mol. The second-order valence-electron chi connectivity index (χ2n) is 8.37. The Hall–Kier alpha value is -3.26. The number of carbonyl (C=O) groups excluding carboxylic acids is 1. The van der Waals surface area contributed by atoms with Gasteiger partial charge in [0.25, 0.3) is 5.91 Å². The molecule has 0 aliphatic carbocycles. The molecule has 0 unspecified atom stereocenters. The molecule has 1 aliphatic heterocycles. The van der Waals surface area contributed by atoms with Gasteiger partial charge in [-0.3, -0.25) is 19.5 Å². The Bertz CT molecular complexity index is 1020. The van der Waals surface area contributed by atoms with Gasteiger partial charge >= 0.3 is 0 Å². The zero-order chi connectivity index (χ0) is 22.9. The smallest absolute Gasteiger partial charge is 0.276 e. The van der Waals surface area contributed by atoms with Crippen LogP contribution < -0.4 is 10.8 Å². The molecule has 7 nitrogen and oxygen atoms in total. The van der Waals surface area contributed by atoms with Gasteiger partial charge in [-0.2, -0.15) is 0 Å². The summed E-state index contributed by atoms with van der Waals surface area (Å²) in [5.74, 6) is -0.278. The van der Waals surface area contributed by atoms with Crippen LogP contribution in [0.2, 0.25) is 0 Å². The van der Waals surface area contributed by atoms with E-state index in [2.05, 4.69) is 56.9 Å². The second kappa shape index (κ2) is 11.6. The Balaban J connectivity index is 1.25. The van der Waals surface area contributed by atoms with Crippen molar-refractivity contribution in [1.29, 1.82) is 0 Å². The van der Waals surface area contributed by atoms with Crippen LogP contribution in [0.25, 0.3) is 0 Å². The van der Waals surface area contributed by atoms with Crippen LogP contribution in [0.5, 0.6) is 0 Å². The number of rotatable bonds is 9. The summed E-state index contributed by atoms with van der Waals surface area (Å²) in [6, 6.07) is 19.7. The van der Waals surface area contributed by atoms with Gasteiger partial charge in [-0.15, -0.1) is 0 Å². The van der Waals surface area contributed by atoms with Crippen molar-refractivity contribution in [3.05, 3.63) is 95.3 Å². The third-order valence-corrected chi connectivity index (χ3v) is 5.83. The summed E-state index contributed by atoms with van der Waals surface area (Å²) in [6.07, 6.45) is 3.50. The van der Waals surface area contributed by atoms with Crippen molar-refractivity contribution in [2.75, 3.05) is 38.5 Å². The molecule has 2 heterocycles. The largest absolute Gasteiger partial charge is 0.380 e. The van der Waals surface area contributed by atoms with E-state index >= 15 is 0 Å². The number of benzene rings is 2. The van der Waals surface area contributed by atoms with Gasteiger partial charge in [0.2, 0.25) is 0 Å². The van der Waals surface area contributed by atoms with Gasteiger partial charge in [0.1, 0.15) is 0 Å². The highest BCUT2D eigenvalue weighted by Gasteiger charge is 2.14. The maximum atomic E-state index is 12.7. The molecule has 0 bridgehead atoms. The van der Waals surface area contributed by atoms with Gasteiger partial charge in [0.15, 0.2) is 0 Å². The fourth-order valence-electron chi connectivity index (χ4n) is 3.78. The normalized spacial score (nSPS) is 14.7. The molecule has 0 atom stereocenters. The molecule has 1 saturated heterocycles. The number of likely N-dealkylation sites (N-methyl/N-ethyl adjacent to an activating group) is 1. The van der Waals surface area contributed by atoms with Crippen molar-refractivity contribution < 1.29 is 9.63 Å². The van der Waals surface area contributed by atoms with Gasteiger partial charge < -0.3 is 10.2 Å². The molecule has 7 heteroatoms. The van der Waals surface area contributed by atoms with E-state index in [4.69, 9.17) is 4.84 Å².